The molecule has 1 aromatic heterocycles. The Balaban J connectivity index is 2.18. The van der Waals surface area contributed by atoms with E-state index in [0.717, 1.165) is 17.7 Å². The summed E-state index contributed by atoms with van der Waals surface area (Å²) < 4.78 is 5.80. The van der Waals surface area contributed by atoms with Crippen LogP contribution in [0.2, 0.25) is 0 Å². The third-order valence-electron chi connectivity index (χ3n) is 3.72. The van der Waals surface area contributed by atoms with Crippen molar-refractivity contribution in [3.05, 3.63) is 41.0 Å². The van der Waals surface area contributed by atoms with Crippen molar-refractivity contribution in [1.82, 2.24) is 21.6 Å². The van der Waals surface area contributed by atoms with E-state index in [1.54, 1.807) is 19.1 Å². The molecule has 1 atom stereocenters. The molecule has 8 nitrogen and oxygen atoms in total. The van der Waals surface area contributed by atoms with E-state index < -0.39 is 17.5 Å². The summed E-state index contributed by atoms with van der Waals surface area (Å²) in [7, 11) is 0. The van der Waals surface area contributed by atoms with Crippen molar-refractivity contribution < 1.29 is 18.9 Å². The summed E-state index contributed by atoms with van der Waals surface area (Å²) in [6.45, 7) is 8.08. The molecule has 0 aliphatic carbocycles. The van der Waals surface area contributed by atoms with E-state index in [2.05, 4.69) is 21.6 Å². The molecular formula is C17H24N4O4. The van der Waals surface area contributed by atoms with Crippen LogP contribution in [-0.2, 0) is 15.3 Å². The summed E-state index contributed by atoms with van der Waals surface area (Å²) in [5, 5.41) is 4.81. The minimum atomic E-state index is -1.21. The van der Waals surface area contributed by atoms with Crippen LogP contribution in [0.25, 0.3) is 6.08 Å². The van der Waals surface area contributed by atoms with Gasteiger partial charge in [0.15, 0.2) is 5.54 Å². The van der Waals surface area contributed by atoms with Gasteiger partial charge >= 0.3 is 6.03 Å². The highest BCUT2D eigenvalue weighted by atomic mass is 16.8. The number of carbonyl (C=O) groups excluding carboxylic acids is 2. The van der Waals surface area contributed by atoms with Crippen LogP contribution in [0.1, 0.15) is 44.3 Å². The van der Waals surface area contributed by atoms with Crippen molar-refractivity contribution in [1.29, 1.82) is 0 Å². The monoisotopic (exact) mass is 348 g/mol. The first-order valence-electron chi connectivity index (χ1n) is 8.18. The maximum absolute atomic E-state index is 12.0. The zero-order valence-corrected chi connectivity index (χ0v) is 14.9. The summed E-state index contributed by atoms with van der Waals surface area (Å²) >= 11 is 0. The van der Waals surface area contributed by atoms with E-state index in [0.29, 0.717) is 18.1 Å². The summed E-state index contributed by atoms with van der Waals surface area (Å²) in [6, 6.07) is 1.22. The van der Waals surface area contributed by atoms with Crippen LogP contribution in [-0.4, -0.2) is 18.5 Å². The van der Waals surface area contributed by atoms with Gasteiger partial charge in [-0.1, -0.05) is 19.9 Å². The lowest BCUT2D eigenvalue weighted by molar-refractivity contribution is -0.124. The fraction of sp³-hybridized carbons (Fsp3) is 0.412. The topological polar surface area (TPSA) is 105 Å². The second-order valence-electron chi connectivity index (χ2n) is 5.79. The number of allylic oxidation sites excluding steroid dienone is 2. The highest BCUT2D eigenvalue weighted by molar-refractivity contribution is 6.06. The highest BCUT2D eigenvalue weighted by Gasteiger charge is 2.46. The van der Waals surface area contributed by atoms with E-state index in [-0.39, 0.29) is 0 Å². The van der Waals surface area contributed by atoms with Gasteiger partial charge in [0.1, 0.15) is 11.5 Å². The number of carbonyl (C=O) groups is 2. The molecule has 25 heavy (non-hydrogen) atoms. The number of hydrogen-bond acceptors (Lipinski definition) is 6. The van der Waals surface area contributed by atoms with Gasteiger partial charge in [0, 0.05) is 6.54 Å². The quantitative estimate of drug-likeness (QED) is 0.248. The molecule has 1 aliphatic heterocycles. The summed E-state index contributed by atoms with van der Waals surface area (Å²) in [4.78, 5) is 28.5. The first kappa shape index (κ1) is 18.8. The molecule has 0 spiro atoms. The molecule has 0 bridgehead atoms. The predicted octanol–water partition coefficient (Wildman–Crippen LogP) is 2.00. The number of hydrogen-bond donors (Lipinski definition) is 4. The molecule has 1 unspecified atom stereocenters. The van der Waals surface area contributed by atoms with Crippen LogP contribution in [0, 0.1) is 6.92 Å². The van der Waals surface area contributed by atoms with Gasteiger partial charge in [0.05, 0.1) is 5.70 Å². The maximum atomic E-state index is 12.0. The second kappa shape index (κ2) is 8.00. The Bertz CT molecular complexity index is 708. The number of amides is 3. The molecule has 3 amide bonds. The third kappa shape index (κ3) is 4.28. The Hall–Kier alpha value is -2.58. The Kier molecular flexibility index (Phi) is 6.00. The fourth-order valence-electron chi connectivity index (χ4n) is 2.32. The SMILES string of the molecule is CC/C=C(/C=C\c1oc(C2(C)NC(=O)NC2=O)cc1C)NONCC. The molecule has 1 aromatic rings. The van der Waals surface area contributed by atoms with Crippen LogP contribution in [0.15, 0.2) is 28.3 Å². The Morgan fingerprint density at radius 1 is 1.40 bits per heavy atom. The second-order valence-corrected chi connectivity index (χ2v) is 5.79. The number of urea groups is 1. The van der Waals surface area contributed by atoms with Crippen LogP contribution < -0.4 is 21.6 Å². The first-order valence-corrected chi connectivity index (χ1v) is 8.18. The largest absolute Gasteiger partial charge is 0.458 e. The van der Waals surface area contributed by atoms with Gasteiger partial charge in [-0.2, -0.15) is 10.4 Å². The van der Waals surface area contributed by atoms with Gasteiger partial charge in [-0.3, -0.25) is 10.1 Å². The molecule has 2 heterocycles. The van der Waals surface area contributed by atoms with Crippen molar-refractivity contribution in [2.75, 3.05) is 6.54 Å². The fourth-order valence-corrected chi connectivity index (χ4v) is 2.32. The van der Waals surface area contributed by atoms with Crippen LogP contribution in [0.5, 0.6) is 0 Å². The van der Waals surface area contributed by atoms with Crippen LogP contribution in [0.4, 0.5) is 4.79 Å². The van der Waals surface area contributed by atoms with Gasteiger partial charge < -0.3 is 9.73 Å². The van der Waals surface area contributed by atoms with E-state index in [9.17, 15) is 9.59 Å². The lowest BCUT2D eigenvalue weighted by Gasteiger charge is -2.16. The number of hydroxylamine groups is 2. The third-order valence-corrected chi connectivity index (χ3v) is 3.72. The molecule has 0 radical (unpaired) electrons. The van der Waals surface area contributed by atoms with E-state index >= 15 is 0 Å². The van der Waals surface area contributed by atoms with Gasteiger partial charge in [0.2, 0.25) is 0 Å². The van der Waals surface area contributed by atoms with Crippen LogP contribution >= 0.6 is 0 Å². The van der Waals surface area contributed by atoms with E-state index in [4.69, 9.17) is 9.36 Å². The number of furan rings is 1. The number of imide groups is 1. The molecule has 8 heteroatoms. The lowest BCUT2D eigenvalue weighted by atomic mass is 9.99. The molecule has 2 rings (SSSR count). The summed E-state index contributed by atoms with van der Waals surface area (Å²) in [5.41, 5.74) is 5.91. The Labute approximate surface area is 146 Å². The van der Waals surface area contributed by atoms with Crippen LogP contribution in [0.3, 0.4) is 0 Å². The average molecular weight is 348 g/mol. The van der Waals surface area contributed by atoms with Crippen molar-refractivity contribution in [2.24, 2.45) is 0 Å². The van der Waals surface area contributed by atoms with Gasteiger partial charge in [-0.05, 0) is 44.1 Å². The van der Waals surface area contributed by atoms with Crippen molar-refractivity contribution in [3.63, 3.8) is 0 Å². The molecule has 136 valence electrons. The Morgan fingerprint density at radius 2 is 2.16 bits per heavy atom. The number of aryl methyl sites for hydroxylation is 1. The van der Waals surface area contributed by atoms with E-state index in [1.165, 1.54) is 0 Å². The predicted molar refractivity (Wildman–Crippen MR) is 92.8 cm³/mol. The standard InChI is InChI=1S/C17H24N4O4/c1-5-7-12(21-25-18-6-2)8-9-13-11(3)10-14(24-13)17(4)15(22)19-16(23)20-17/h7-10,18,21H,5-6H2,1-4H3,(H2,19,20,22,23)/b9-8-,12-7-. The lowest BCUT2D eigenvalue weighted by Crippen LogP contribution is -2.40. The average Bonchev–Trinajstić information content (AvgIpc) is 3.05. The van der Waals surface area contributed by atoms with Gasteiger partial charge in [0.25, 0.3) is 5.91 Å². The number of rotatable bonds is 8. The van der Waals surface area contributed by atoms with Crippen molar-refractivity contribution in [2.45, 2.75) is 39.7 Å². The molecule has 0 saturated carbocycles. The normalized spacial score (nSPS) is 20.9. The Morgan fingerprint density at radius 3 is 2.76 bits per heavy atom. The zero-order chi connectivity index (χ0) is 18.4. The first-order chi connectivity index (χ1) is 11.9. The van der Waals surface area contributed by atoms with Crippen molar-refractivity contribution in [3.8, 4) is 0 Å². The van der Waals surface area contributed by atoms with E-state index in [1.807, 2.05) is 32.9 Å². The van der Waals surface area contributed by atoms with Gasteiger partial charge in [-0.15, -0.1) is 0 Å². The summed E-state index contributed by atoms with van der Waals surface area (Å²) in [6.07, 6.45) is 6.38. The molecular weight excluding hydrogens is 324 g/mol. The molecule has 0 aromatic carbocycles. The smallest absolute Gasteiger partial charge is 0.322 e. The van der Waals surface area contributed by atoms with Crippen molar-refractivity contribution >= 4 is 18.0 Å². The minimum Gasteiger partial charge on any atom is -0.458 e. The minimum absolute atomic E-state index is 0.380. The zero-order valence-electron chi connectivity index (χ0n) is 14.9. The van der Waals surface area contributed by atoms with Gasteiger partial charge in [-0.25, -0.2) is 10.3 Å². The number of nitrogens with one attached hydrogen (secondary N) is 4. The molecule has 1 aliphatic rings. The highest BCUT2D eigenvalue weighted by Crippen LogP contribution is 2.29. The molecule has 1 fully saturated rings. The maximum Gasteiger partial charge on any atom is 0.322 e. The molecule has 4 N–H and O–H groups in total. The summed E-state index contributed by atoms with van der Waals surface area (Å²) in [5.74, 6) is 0.539. The molecule has 1 saturated heterocycles.